The quantitative estimate of drug-likeness (QED) is 0.897. The Bertz CT molecular complexity index is 813. The highest BCUT2D eigenvalue weighted by atomic mass is 16.4. The van der Waals surface area contributed by atoms with Gasteiger partial charge < -0.3 is 14.8 Å². The van der Waals surface area contributed by atoms with Gasteiger partial charge in [-0.1, -0.05) is 11.6 Å². The smallest absolute Gasteiger partial charge is 0.312 e. The maximum absolute atomic E-state index is 12.1. The van der Waals surface area contributed by atoms with Crippen molar-refractivity contribution in [3.63, 3.8) is 0 Å². The molecule has 2 saturated heterocycles. The van der Waals surface area contributed by atoms with E-state index in [9.17, 15) is 9.90 Å². The standard InChI is InChI=1S/C20H26N2O3/c1-13-4-5-16-15(10-13)14(2)17(25-16)11-22-9-6-18-20(12-22,19(23)24)7-3-8-21-18/h4-5,10,18,21H,3,6-9,11-12H2,1-2H3,(H,23,24)/t18-,20+/m1/s1. The van der Waals surface area contributed by atoms with Crippen molar-refractivity contribution >= 4 is 16.9 Å². The third-order valence-corrected chi connectivity index (χ3v) is 6.08. The molecule has 2 aliphatic heterocycles. The summed E-state index contributed by atoms with van der Waals surface area (Å²) in [7, 11) is 0. The summed E-state index contributed by atoms with van der Waals surface area (Å²) < 4.78 is 6.08. The van der Waals surface area contributed by atoms with Crippen molar-refractivity contribution in [2.45, 2.75) is 45.7 Å². The minimum Gasteiger partial charge on any atom is -0.481 e. The van der Waals surface area contributed by atoms with Gasteiger partial charge in [0.1, 0.15) is 11.3 Å². The summed E-state index contributed by atoms with van der Waals surface area (Å²) in [5.74, 6) is 0.301. The number of aryl methyl sites for hydroxylation is 2. The van der Waals surface area contributed by atoms with Crippen LogP contribution in [-0.4, -0.2) is 41.7 Å². The highest BCUT2D eigenvalue weighted by Gasteiger charge is 2.50. The average Bonchev–Trinajstić information content (AvgIpc) is 2.90. The lowest BCUT2D eigenvalue weighted by Crippen LogP contribution is -2.62. The topological polar surface area (TPSA) is 65.7 Å². The Labute approximate surface area is 148 Å². The maximum Gasteiger partial charge on any atom is 0.312 e. The van der Waals surface area contributed by atoms with Crippen LogP contribution in [0.25, 0.3) is 11.0 Å². The third-order valence-electron chi connectivity index (χ3n) is 6.08. The number of rotatable bonds is 3. The molecule has 2 N–H and O–H groups in total. The van der Waals surface area contributed by atoms with Gasteiger partial charge in [-0.25, -0.2) is 0 Å². The SMILES string of the molecule is Cc1ccc2oc(CN3CC[C@H]4NCCC[C@]4(C(=O)O)C3)c(C)c2c1. The Morgan fingerprint density at radius 1 is 1.44 bits per heavy atom. The van der Waals surface area contributed by atoms with Crippen LogP contribution >= 0.6 is 0 Å². The molecule has 5 heteroatoms. The van der Waals surface area contributed by atoms with Crippen molar-refractivity contribution in [3.8, 4) is 0 Å². The number of aliphatic carboxylic acids is 1. The van der Waals surface area contributed by atoms with Crippen LogP contribution in [0.15, 0.2) is 22.6 Å². The lowest BCUT2D eigenvalue weighted by atomic mass is 9.70. The van der Waals surface area contributed by atoms with E-state index in [0.717, 1.165) is 49.1 Å². The summed E-state index contributed by atoms with van der Waals surface area (Å²) in [6.45, 7) is 7.30. The highest BCUT2D eigenvalue weighted by Crippen LogP contribution is 2.39. The number of piperidine rings is 2. The molecule has 4 rings (SSSR count). The number of hydrogen-bond acceptors (Lipinski definition) is 4. The third kappa shape index (κ3) is 2.75. The predicted octanol–water partition coefficient (Wildman–Crippen LogP) is 3.08. The summed E-state index contributed by atoms with van der Waals surface area (Å²) >= 11 is 0. The number of carbonyl (C=O) groups is 1. The second-order valence-electron chi connectivity index (χ2n) is 7.72. The van der Waals surface area contributed by atoms with E-state index in [4.69, 9.17) is 4.42 Å². The molecule has 2 fully saturated rings. The summed E-state index contributed by atoms with van der Waals surface area (Å²) in [6.07, 6.45) is 2.57. The molecule has 0 amide bonds. The number of fused-ring (bicyclic) bond motifs is 2. The van der Waals surface area contributed by atoms with Crippen LogP contribution in [0, 0.1) is 19.3 Å². The van der Waals surface area contributed by atoms with Crippen LogP contribution < -0.4 is 5.32 Å². The number of hydrogen-bond donors (Lipinski definition) is 2. The van der Waals surface area contributed by atoms with Gasteiger partial charge in [0.15, 0.2) is 0 Å². The van der Waals surface area contributed by atoms with Crippen LogP contribution in [-0.2, 0) is 11.3 Å². The number of carboxylic acid groups (broad SMARTS) is 1. The summed E-state index contributed by atoms with van der Waals surface area (Å²) in [5.41, 5.74) is 2.65. The van der Waals surface area contributed by atoms with E-state index in [0.29, 0.717) is 13.1 Å². The fourth-order valence-electron chi connectivity index (χ4n) is 4.60. The molecule has 134 valence electrons. The predicted molar refractivity (Wildman–Crippen MR) is 96.7 cm³/mol. The van der Waals surface area contributed by atoms with Crippen LogP contribution in [0.2, 0.25) is 0 Å². The molecule has 2 aliphatic rings. The Morgan fingerprint density at radius 3 is 3.08 bits per heavy atom. The first kappa shape index (κ1) is 16.6. The van der Waals surface area contributed by atoms with Crippen LogP contribution in [0.4, 0.5) is 0 Å². The Kier molecular flexibility index (Phi) is 4.08. The first-order valence-corrected chi connectivity index (χ1v) is 9.17. The van der Waals surface area contributed by atoms with E-state index >= 15 is 0 Å². The molecular weight excluding hydrogens is 316 g/mol. The van der Waals surface area contributed by atoms with Crippen molar-refractivity contribution < 1.29 is 14.3 Å². The molecule has 2 aromatic rings. The molecule has 25 heavy (non-hydrogen) atoms. The van der Waals surface area contributed by atoms with Gasteiger partial charge in [0.25, 0.3) is 0 Å². The highest BCUT2D eigenvalue weighted by molar-refractivity contribution is 5.82. The number of furan rings is 1. The second-order valence-corrected chi connectivity index (χ2v) is 7.72. The zero-order chi connectivity index (χ0) is 17.6. The molecule has 2 atom stereocenters. The van der Waals surface area contributed by atoms with Crippen LogP contribution in [0.5, 0.6) is 0 Å². The average molecular weight is 342 g/mol. The van der Waals surface area contributed by atoms with Crippen molar-refractivity contribution in [3.05, 3.63) is 35.1 Å². The van der Waals surface area contributed by atoms with Gasteiger partial charge in [0.2, 0.25) is 0 Å². The van der Waals surface area contributed by atoms with E-state index in [1.807, 2.05) is 6.07 Å². The van der Waals surface area contributed by atoms with Crippen molar-refractivity contribution in [2.24, 2.45) is 5.41 Å². The van der Waals surface area contributed by atoms with Gasteiger partial charge in [-0.05, 0) is 57.4 Å². The zero-order valence-electron chi connectivity index (χ0n) is 15.0. The molecular formula is C20H26N2O3. The first-order chi connectivity index (χ1) is 12.0. The van der Waals surface area contributed by atoms with Gasteiger partial charge >= 0.3 is 5.97 Å². The summed E-state index contributed by atoms with van der Waals surface area (Å²) in [6, 6.07) is 6.34. The van der Waals surface area contributed by atoms with Gasteiger partial charge in [0, 0.05) is 24.5 Å². The Hall–Kier alpha value is -1.85. The largest absolute Gasteiger partial charge is 0.481 e. The minimum absolute atomic E-state index is 0.0921. The van der Waals surface area contributed by atoms with Crippen LogP contribution in [0.3, 0.4) is 0 Å². The monoisotopic (exact) mass is 342 g/mol. The first-order valence-electron chi connectivity index (χ1n) is 9.17. The molecule has 5 nitrogen and oxygen atoms in total. The van der Waals surface area contributed by atoms with Crippen molar-refractivity contribution in [2.75, 3.05) is 19.6 Å². The Balaban J connectivity index is 1.59. The lowest BCUT2D eigenvalue weighted by Gasteiger charge is -2.48. The molecule has 1 aromatic heterocycles. The number of nitrogens with zero attached hydrogens (tertiary/aromatic N) is 1. The normalized spacial score (nSPS) is 27.4. The molecule has 0 radical (unpaired) electrons. The maximum atomic E-state index is 12.1. The molecule has 0 aliphatic carbocycles. The van der Waals surface area contributed by atoms with E-state index in [2.05, 4.69) is 36.2 Å². The minimum atomic E-state index is -0.661. The van der Waals surface area contributed by atoms with Gasteiger partial charge in [-0.15, -0.1) is 0 Å². The van der Waals surface area contributed by atoms with E-state index in [1.165, 1.54) is 11.1 Å². The molecule has 0 unspecified atom stereocenters. The summed E-state index contributed by atoms with van der Waals surface area (Å²) in [5, 5.41) is 14.5. The van der Waals surface area contributed by atoms with Crippen LogP contribution in [0.1, 0.15) is 36.1 Å². The lowest BCUT2D eigenvalue weighted by molar-refractivity contribution is -0.157. The Morgan fingerprint density at radius 2 is 2.28 bits per heavy atom. The van der Waals surface area contributed by atoms with Crippen molar-refractivity contribution in [1.29, 1.82) is 0 Å². The number of benzene rings is 1. The molecule has 1 aromatic carbocycles. The molecule has 0 spiro atoms. The van der Waals surface area contributed by atoms with Crippen molar-refractivity contribution in [1.82, 2.24) is 10.2 Å². The molecule has 0 bridgehead atoms. The van der Waals surface area contributed by atoms with Gasteiger partial charge in [-0.3, -0.25) is 9.69 Å². The number of likely N-dealkylation sites (tertiary alicyclic amines) is 1. The van der Waals surface area contributed by atoms with E-state index < -0.39 is 11.4 Å². The zero-order valence-corrected chi connectivity index (χ0v) is 15.0. The fourth-order valence-corrected chi connectivity index (χ4v) is 4.60. The van der Waals surface area contributed by atoms with E-state index in [1.54, 1.807) is 0 Å². The second kappa shape index (κ2) is 6.15. The van der Waals surface area contributed by atoms with E-state index in [-0.39, 0.29) is 6.04 Å². The number of nitrogens with one attached hydrogen (secondary N) is 1. The fraction of sp³-hybridized carbons (Fsp3) is 0.550. The molecule has 0 saturated carbocycles. The molecule has 3 heterocycles. The van der Waals surface area contributed by atoms with Gasteiger partial charge in [0.05, 0.1) is 12.0 Å². The summed E-state index contributed by atoms with van der Waals surface area (Å²) in [4.78, 5) is 14.3. The number of carboxylic acids is 1. The van der Waals surface area contributed by atoms with Gasteiger partial charge in [-0.2, -0.15) is 0 Å².